The zero-order valence-electron chi connectivity index (χ0n) is 15.4. The van der Waals surface area contributed by atoms with E-state index in [1.807, 2.05) is 6.92 Å². The molecule has 2 aliphatic rings. The van der Waals surface area contributed by atoms with Gasteiger partial charge in [-0.15, -0.1) is 0 Å². The first kappa shape index (κ1) is 17.5. The van der Waals surface area contributed by atoms with Crippen LogP contribution in [0, 0.1) is 5.92 Å². The molecule has 1 atom stereocenters. The molecule has 7 heteroatoms. The van der Waals surface area contributed by atoms with Gasteiger partial charge < -0.3 is 9.26 Å². The summed E-state index contributed by atoms with van der Waals surface area (Å²) < 4.78 is 11.3. The zero-order valence-corrected chi connectivity index (χ0v) is 15.4. The Hall–Kier alpha value is -1.86. The maximum Gasteiger partial charge on any atom is 0.226 e. The number of ether oxygens (including phenoxy) is 1. The first-order valence-electron chi connectivity index (χ1n) is 9.80. The van der Waals surface area contributed by atoms with Crippen LogP contribution in [0.1, 0.15) is 56.7 Å². The molecule has 140 valence electrons. The smallest absolute Gasteiger partial charge is 0.226 e. The molecular weight excluding hydrogens is 330 g/mol. The summed E-state index contributed by atoms with van der Waals surface area (Å²) in [7, 11) is 0. The Kier molecular flexibility index (Phi) is 5.55. The van der Waals surface area contributed by atoms with Gasteiger partial charge in [-0.1, -0.05) is 31.3 Å². The molecule has 0 bridgehead atoms. The number of rotatable bonds is 5. The van der Waals surface area contributed by atoms with Crippen molar-refractivity contribution >= 4 is 0 Å². The van der Waals surface area contributed by atoms with E-state index in [0.29, 0.717) is 18.1 Å². The fourth-order valence-corrected chi connectivity index (χ4v) is 4.04. The molecule has 0 aromatic carbocycles. The van der Waals surface area contributed by atoms with Crippen LogP contribution in [0.2, 0.25) is 0 Å². The Labute approximate surface area is 154 Å². The van der Waals surface area contributed by atoms with E-state index in [-0.39, 0.29) is 6.10 Å². The third-order valence-electron chi connectivity index (χ3n) is 5.45. The maximum absolute atomic E-state index is 6.06. The second-order valence-corrected chi connectivity index (χ2v) is 7.31. The van der Waals surface area contributed by atoms with Crippen LogP contribution in [0.3, 0.4) is 0 Å². The van der Waals surface area contributed by atoms with Crippen molar-refractivity contribution in [1.29, 1.82) is 0 Å². The highest BCUT2D eigenvalue weighted by Crippen LogP contribution is 2.30. The predicted octanol–water partition coefficient (Wildman–Crippen LogP) is 3.04. The first-order valence-corrected chi connectivity index (χ1v) is 9.80. The molecule has 26 heavy (non-hydrogen) atoms. The largest absolute Gasteiger partial charge is 0.369 e. The van der Waals surface area contributed by atoms with Gasteiger partial charge in [-0.25, -0.2) is 9.97 Å². The van der Waals surface area contributed by atoms with Crippen LogP contribution in [0.4, 0.5) is 0 Å². The summed E-state index contributed by atoms with van der Waals surface area (Å²) in [5.74, 6) is 2.00. The second kappa shape index (κ2) is 8.22. The molecule has 0 amide bonds. The van der Waals surface area contributed by atoms with Gasteiger partial charge in [0.2, 0.25) is 11.7 Å². The fraction of sp³-hybridized carbons (Fsp3) is 0.684. The van der Waals surface area contributed by atoms with E-state index in [0.717, 1.165) is 36.9 Å². The fourth-order valence-electron chi connectivity index (χ4n) is 4.04. The molecule has 1 aliphatic heterocycles. The van der Waals surface area contributed by atoms with Crippen LogP contribution in [-0.4, -0.2) is 51.2 Å². The van der Waals surface area contributed by atoms with Crippen LogP contribution < -0.4 is 0 Å². The zero-order chi connectivity index (χ0) is 17.8. The highest BCUT2D eigenvalue weighted by Gasteiger charge is 2.28. The number of aromatic nitrogens is 4. The van der Waals surface area contributed by atoms with Crippen LogP contribution >= 0.6 is 0 Å². The van der Waals surface area contributed by atoms with E-state index < -0.39 is 0 Å². The van der Waals surface area contributed by atoms with Crippen LogP contribution in [0.15, 0.2) is 17.0 Å². The third-order valence-corrected chi connectivity index (χ3v) is 5.45. The molecule has 4 rings (SSSR count). The van der Waals surface area contributed by atoms with Gasteiger partial charge >= 0.3 is 0 Å². The quantitative estimate of drug-likeness (QED) is 0.814. The first-order chi connectivity index (χ1) is 12.8. The van der Waals surface area contributed by atoms with E-state index in [1.54, 1.807) is 12.5 Å². The van der Waals surface area contributed by atoms with Crippen molar-refractivity contribution in [1.82, 2.24) is 25.0 Å². The number of hydrogen-bond acceptors (Lipinski definition) is 7. The molecule has 2 aromatic rings. The third kappa shape index (κ3) is 3.94. The lowest BCUT2D eigenvalue weighted by Gasteiger charge is -2.36. The molecule has 1 saturated heterocycles. The minimum absolute atomic E-state index is 0.0751. The molecule has 3 heterocycles. The molecule has 0 unspecified atom stereocenters. The average molecular weight is 357 g/mol. The summed E-state index contributed by atoms with van der Waals surface area (Å²) in [5.41, 5.74) is 1.66. The van der Waals surface area contributed by atoms with Crippen LogP contribution in [0.25, 0.3) is 11.4 Å². The number of hydrogen-bond donors (Lipinski definition) is 0. The maximum atomic E-state index is 6.06. The lowest BCUT2D eigenvalue weighted by molar-refractivity contribution is -0.0377. The highest BCUT2D eigenvalue weighted by atomic mass is 16.5. The average Bonchev–Trinajstić information content (AvgIpc) is 3.18. The molecule has 0 spiro atoms. The van der Waals surface area contributed by atoms with Crippen molar-refractivity contribution in [2.45, 2.75) is 51.6 Å². The molecule has 2 fully saturated rings. The summed E-state index contributed by atoms with van der Waals surface area (Å²) in [6, 6.07) is 0. The minimum Gasteiger partial charge on any atom is -0.369 e. The monoisotopic (exact) mass is 357 g/mol. The summed E-state index contributed by atoms with van der Waals surface area (Å²) in [5, 5.41) is 4.09. The van der Waals surface area contributed by atoms with E-state index in [1.165, 1.54) is 38.6 Å². The molecule has 1 saturated carbocycles. The number of aryl methyl sites for hydroxylation is 1. The van der Waals surface area contributed by atoms with E-state index >= 15 is 0 Å². The Balaban J connectivity index is 1.49. The van der Waals surface area contributed by atoms with Gasteiger partial charge in [0.25, 0.3) is 0 Å². The van der Waals surface area contributed by atoms with Gasteiger partial charge in [0.05, 0.1) is 17.9 Å². The van der Waals surface area contributed by atoms with E-state index in [4.69, 9.17) is 9.26 Å². The Morgan fingerprint density at radius 2 is 2.12 bits per heavy atom. The van der Waals surface area contributed by atoms with Gasteiger partial charge in [0.1, 0.15) is 12.4 Å². The normalized spacial score (nSPS) is 22.6. The van der Waals surface area contributed by atoms with E-state index in [2.05, 4.69) is 25.0 Å². The van der Waals surface area contributed by atoms with Gasteiger partial charge in [0.15, 0.2) is 0 Å². The minimum atomic E-state index is -0.0751. The lowest BCUT2D eigenvalue weighted by Crippen LogP contribution is -2.41. The van der Waals surface area contributed by atoms with Crippen molar-refractivity contribution in [3.63, 3.8) is 0 Å². The van der Waals surface area contributed by atoms with Crippen molar-refractivity contribution in [3.8, 4) is 11.4 Å². The van der Waals surface area contributed by atoms with Crippen molar-refractivity contribution in [3.05, 3.63) is 24.1 Å². The van der Waals surface area contributed by atoms with Gasteiger partial charge in [-0.05, 0) is 18.8 Å². The predicted molar refractivity (Wildman–Crippen MR) is 96.4 cm³/mol. The van der Waals surface area contributed by atoms with Gasteiger partial charge in [-0.3, -0.25) is 4.90 Å². The molecule has 1 aliphatic carbocycles. The summed E-state index contributed by atoms with van der Waals surface area (Å²) >= 11 is 0. The van der Waals surface area contributed by atoms with Gasteiger partial charge in [0, 0.05) is 32.3 Å². The topological polar surface area (TPSA) is 77.2 Å². The molecule has 0 radical (unpaired) electrons. The standard InChI is InChI=1S/C19H27N5O2/c1-2-17-22-19(23-26-17)15-10-20-13-21-18(15)16-12-24(8-9-25-16)11-14-6-4-3-5-7-14/h10,13-14,16H,2-9,11-12H2,1H3/t16-/m1/s1. The Bertz CT molecular complexity index is 713. The number of morpholine rings is 1. The SMILES string of the molecule is CCc1nc(-c2cncnc2[C@H]2CN(CC3CCCCC3)CCO2)no1. The van der Waals surface area contributed by atoms with Gasteiger partial charge in [-0.2, -0.15) is 4.98 Å². The summed E-state index contributed by atoms with van der Waals surface area (Å²) in [6.45, 7) is 5.75. The van der Waals surface area contributed by atoms with E-state index in [9.17, 15) is 0 Å². The Morgan fingerprint density at radius 3 is 2.92 bits per heavy atom. The molecule has 7 nitrogen and oxygen atoms in total. The summed E-state index contributed by atoms with van der Waals surface area (Å²) in [4.78, 5) is 15.6. The lowest BCUT2D eigenvalue weighted by atomic mass is 9.89. The van der Waals surface area contributed by atoms with Crippen LogP contribution in [0.5, 0.6) is 0 Å². The molecular formula is C19H27N5O2. The van der Waals surface area contributed by atoms with Crippen molar-refractivity contribution < 1.29 is 9.26 Å². The van der Waals surface area contributed by atoms with Crippen LogP contribution in [-0.2, 0) is 11.2 Å². The van der Waals surface area contributed by atoms with Crippen molar-refractivity contribution in [2.24, 2.45) is 5.92 Å². The number of nitrogens with zero attached hydrogens (tertiary/aromatic N) is 5. The highest BCUT2D eigenvalue weighted by molar-refractivity contribution is 5.56. The molecule has 2 aromatic heterocycles. The summed E-state index contributed by atoms with van der Waals surface area (Å²) in [6.07, 6.45) is 10.9. The Morgan fingerprint density at radius 1 is 1.23 bits per heavy atom. The van der Waals surface area contributed by atoms with Crippen molar-refractivity contribution in [2.75, 3.05) is 26.2 Å². The molecule has 0 N–H and O–H groups in total. The second-order valence-electron chi connectivity index (χ2n) is 7.31.